The van der Waals surface area contributed by atoms with Crippen molar-refractivity contribution in [3.63, 3.8) is 0 Å². The van der Waals surface area contributed by atoms with Crippen molar-refractivity contribution in [1.82, 2.24) is 15.0 Å². The minimum Gasteiger partial charge on any atom is -0.489 e. The largest absolute Gasteiger partial charge is 0.489 e. The van der Waals surface area contributed by atoms with E-state index in [9.17, 15) is 0 Å². The number of aromatic nitrogens is 3. The highest BCUT2D eigenvalue weighted by Crippen LogP contribution is 2.32. The second-order valence-electron chi connectivity index (χ2n) is 4.26. The van der Waals surface area contributed by atoms with Crippen LogP contribution in [0.3, 0.4) is 0 Å². The van der Waals surface area contributed by atoms with Crippen LogP contribution in [0.5, 0.6) is 5.75 Å². The molecular formula is C13H16Cl2N4O. The van der Waals surface area contributed by atoms with Crippen LogP contribution in [0.2, 0.25) is 10.0 Å². The predicted molar refractivity (Wildman–Crippen MR) is 79.4 cm³/mol. The third-order valence-electron chi connectivity index (χ3n) is 2.71. The Hall–Kier alpha value is -1.30. The number of halogens is 2. The lowest BCUT2D eigenvalue weighted by Crippen LogP contribution is -2.09. The molecule has 7 heteroatoms. The Bertz CT molecular complexity index is 539. The predicted octanol–water partition coefficient (Wildman–Crippen LogP) is 2.56. The number of rotatable bonds is 7. The second kappa shape index (κ2) is 7.47. The molecule has 2 N–H and O–H groups in total. The Morgan fingerprint density at radius 1 is 1.25 bits per heavy atom. The van der Waals surface area contributed by atoms with Gasteiger partial charge < -0.3 is 10.5 Å². The molecule has 2 rings (SSSR count). The number of para-hydroxylation sites is 1. The highest BCUT2D eigenvalue weighted by molar-refractivity contribution is 6.37. The molecule has 0 aliphatic carbocycles. The Morgan fingerprint density at radius 2 is 2.00 bits per heavy atom. The first kappa shape index (κ1) is 15.1. The summed E-state index contributed by atoms with van der Waals surface area (Å²) in [6.45, 7) is 1.65. The SMILES string of the molecule is NCCCc1cn(CCOc2c(Cl)cccc2Cl)nn1. The van der Waals surface area contributed by atoms with E-state index in [1.807, 2.05) is 6.20 Å². The fourth-order valence-corrected chi connectivity index (χ4v) is 2.21. The summed E-state index contributed by atoms with van der Waals surface area (Å²) in [5.41, 5.74) is 6.39. The molecule has 2 aromatic rings. The number of hydrogen-bond donors (Lipinski definition) is 1. The van der Waals surface area contributed by atoms with Gasteiger partial charge in [0.2, 0.25) is 0 Å². The summed E-state index contributed by atoms with van der Waals surface area (Å²) >= 11 is 12.0. The first-order chi connectivity index (χ1) is 9.70. The molecule has 0 aliphatic heterocycles. The topological polar surface area (TPSA) is 66.0 Å². The Balaban J connectivity index is 1.85. The van der Waals surface area contributed by atoms with Gasteiger partial charge in [0, 0.05) is 6.20 Å². The van der Waals surface area contributed by atoms with E-state index >= 15 is 0 Å². The Kier molecular flexibility index (Phi) is 5.64. The number of benzene rings is 1. The second-order valence-corrected chi connectivity index (χ2v) is 5.08. The van der Waals surface area contributed by atoms with Gasteiger partial charge in [0.1, 0.15) is 6.61 Å². The van der Waals surface area contributed by atoms with Crippen LogP contribution in [0.15, 0.2) is 24.4 Å². The first-order valence-corrected chi connectivity index (χ1v) is 7.12. The van der Waals surface area contributed by atoms with E-state index in [0.717, 1.165) is 18.5 Å². The quantitative estimate of drug-likeness (QED) is 0.853. The van der Waals surface area contributed by atoms with Gasteiger partial charge in [0.15, 0.2) is 5.75 Å². The van der Waals surface area contributed by atoms with Crippen LogP contribution < -0.4 is 10.5 Å². The molecular weight excluding hydrogens is 299 g/mol. The molecule has 5 nitrogen and oxygen atoms in total. The lowest BCUT2D eigenvalue weighted by Gasteiger charge is -2.09. The lowest BCUT2D eigenvalue weighted by molar-refractivity contribution is 0.290. The molecule has 1 heterocycles. The van der Waals surface area contributed by atoms with Crippen molar-refractivity contribution in [3.8, 4) is 5.75 Å². The molecule has 0 amide bonds. The van der Waals surface area contributed by atoms with E-state index in [-0.39, 0.29) is 0 Å². The van der Waals surface area contributed by atoms with Crippen LogP contribution in [0.4, 0.5) is 0 Å². The molecule has 0 saturated heterocycles. The molecule has 1 aromatic carbocycles. The van der Waals surface area contributed by atoms with E-state index < -0.39 is 0 Å². The van der Waals surface area contributed by atoms with Crippen LogP contribution >= 0.6 is 23.2 Å². The maximum absolute atomic E-state index is 6.02. The smallest absolute Gasteiger partial charge is 0.156 e. The molecule has 0 fully saturated rings. The summed E-state index contributed by atoms with van der Waals surface area (Å²) in [7, 11) is 0. The van der Waals surface area contributed by atoms with E-state index in [1.165, 1.54) is 0 Å². The van der Waals surface area contributed by atoms with Crippen LogP contribution in [-0.2, 0) is 13.0 Å². The van der Waals surface area contributed by atoms with Crippen molar-refractivity contribution in [2.45, 2.75) is 19.4 Å². The van der Waals surface area contributed by atoms with Gasteiger partial charge in [-0.05, 0) is 31.5 Å². The van der Waals surface area contributed by atoms with Gasteiger partial charge in [-0.3, -0.25) is 0 Å². The summed E-state index contributed by atoms with van der Waals surface area (Å²) in [6.07, 6.45) is 3.64. The lowest BCUT2D eigenvalue weighted by atomic mass is 10.2. The third kappa shape index (κ3) is 4.10. The number of aryl methyl sites for hydroxylation is 1. The van der Waals surface area contributed by atoms with E-state index in [2.05, 4.69) is 10.3 Å². The molecule has 0 bridgehead atoms. The standard InChI is InChI=1S/C13H16Cl2N4O/c14-11-4-1-5-12(15)13(11)20-8-7-19-9-10(17-18-19)3-2-6-16/h1,4-5,9H,2-3,6-8,16H2. The maximum Gasteiger partial charge on any atom is 0.156 e. The van der Waals surface area contributed by atoms with Gasteiger partial charge in [-0.15, -0.1) is 5.10 Å². The van der Waals surface area contributed by atoms with E-state index in [1.54, 1.807) is 22.9 Å². The summed E-state index contributed by atoms with van der Waals surface area (Å²) in [5, 5.41) is 9.09. The summed E-state index contributed by atoms with van der Waals surface area (Å²) < 4.78 is 7.32. The molecule has 108 valence electrons. The van der Waals surface area contributed by atoms with Crippen LogP contribution in [0.1, 0.15) is 12.1 Å². The summed E-state index contributed by atoms with van der Waals surface area (Å²) in [6, 6.07) is 5.25. The normalized spacial score (nSPS) is 10.8. The molecule has 0 saturated carbocycles. The number of nitrogens with zero attached hydrogens (tertiary/aromatic N) is 3. The van der Waals surface area contributed by atoms with Gasteiger partial charge >= 0.3 is 0 Å². The Labute approximate surface area is 127 Å². The fraction of sp³-hybridized carbons (Fsp3) is 0.385. The van der Waals surface area contributed by atoms with Crippen molar-refractivity contribution < 1.29 is 4.74 Å². The zero-order valence-electron chi connectivity index (χ0n) is 10.9. The van der Waals surface area contributed by atoms with E-state index in [0.29, 0.717) is 35.5 Å². The van der Waals surface area contributed by atoms with Crippen molar-refractivity contribution in [3.05, 3.63) is 40.1 Å². The van der Waals surface area contributed by atoms with Crippen molar-refractivity contribution in [2.75, 3.05) is 13.2 Å². The van der Waals surface area contributed by atoms with Crippen molar-refractivity contribution in [2.24, 2.45) is 5.73 Å². The van der Waals surface area contributed by atoms with Crippen molar-refractivity contribution >= 4 is 23.2 Å². The molecule has 0 aliphatic rings. The molecule has 0 atom stereocenters. The van der Waals surface area contributed by atoms with Crippen LogP contribution in [0.25, 0.3) is 0 Å². The average molecular weight is 315 g/mol. The zero-order chi connectivity index (χ0) is 14.4. The monoisotopic (exact) mass is 314 g/mol. The van der Waals surface area contributed by atoms with Gasteiger partial charge in [-0.2, -0.15) is 0 Å². The highest BCUT2D eigenvalue weighted by atomic mass is 35.5. The van der Waals surface area contributed by atoms with Gasteiger partial charge in [-0.1, -0.05) is 34.5 Å². The molecule has 0 spiro atoms. The maximum atomic E-state index is 6.02. The van der Waals surface area contributed by atoms with Gasteiger partial charge in [0.05, 0.1) is 22.3 Å². The molecule has 0 radical (unpaired) electrons. The van der Waals surface area contributed by atoms with Gasteiger partial charge in [-0.25, -0.2) is 4.68 Å². The Morgan fingerprint density at radius 3 is 2.70 bits per heavy atom. The van der Waals surface area contributed by atoms with Crippen molar-refractivity contribution in [1.29, 1.82) is 0 Å². The molecule has 1 aromatic heterocycles. The average Bonchev–Trinajstić information content (AvgIpc) is 2.88. The fourth-order valence-electron chi connectivity index (χ4n) is 1.71. The summed E-state index contributed by atoms with van der Waals surface area (Å²) in [4.78, 5) is 0. The highest BCUT2D eigenvalue weighted by Gasteiger charge is 2.07. The third-order valence-corrected chi connectivity index (χ3v) is 3.30. The summed E-state index contributed by atoms with van der Waals surface area (Å²) in [5.74, 6) is 0.499. The zero-order valence-corrected chi connectivity index (χ0v) is 12.4. The number of nitrogens with two attached hydrogens (primary N) is 1. The van der Waals surface area contributed by atoms with Crippen LogP contribution in [0, 0.1) is 0 Å². The minimum absolute atomic E-state index is 0.420. The van der Waals surface area contributed by atoms with Crippen LogP contribution in [-0.4, -0.2) is 28.1 Å². The number of ether oxygens (including phenoxy) is 1. The van der Waals surface area contributed by atoms with E-state index in [4.69, 9.17) is 33.7 Å². The molecule has 20 heavy (non-hydrogen) atoms. The minimum atomic E-state index is 0.420. The first-order valence-electron chi connectivity index (χ1n) is 6.36. The molecule has 0 unspecified atom stereocenters. The number of hydrogen-bond acceptors (Lipinski definition) is 4. The van der Waals surface area contributed by atoms with Gasteiger partial charge in [0.25, 0.3) is 0 Å².